The number of pyridine rings is 1. The van der Waals surface area contributed by atoms with Crippen LogP contribution in [0.5, 0.6) is 0 Å². The van der Waals surface area contributed by atoms with Crippen LogP contribution in [0.25, 0.3) is 44.1 Å². The molecule has 3 aromatic carbocycles. The first-order chi connectivity index (χ1) is 13.6. The van der Waals surface area contributed by atoms with Crippen LogP contribution in [0.1, 0.15) is 0 Å². The molecule has 0 aliphatic heterocycles. The molecule has 2 aromatic heterocycles. The lowest BCUT2D eigenvalue weighted by Gasteiger charge is -2.16. The number of aromatic nitrogens is 2. The first-order valence-corrected chi connectivity index (χ1v) is 9.47. The molecule has 5 rings (SSSR count). The van der Waals surface area contributed by atoms with Gasteiger partial charge >= 0.3 is 0 Å². The number of nitrogens with zero attached hydrogens (tertiary/aromatic N) is 1. The Hall–Kier alpha value is -3.30. The summed E-state index contributed by atoms with van der Waals surface area (Å²) in [5.74, 6) is 0. The molecule has 28 heavy (non-hydrogen) atoms. The number of fused-ring (bicyclic) bond motifs is 2. The van der Waals surface area contributed by atoms with Crippen molar-refractivity contribution in [2.75, 3.05) is 0 Å². The second-order valence-electron chi connectivity index (χ2n) is 6.89. The summed E-state index contributed by atoms with van der Waals surface area (Å²) >= 11 is 6.26. The summed E-state index contributed by atoms with van der Waals surface area (Å²) in [6.07, 6.45) is 1.90. The molecule has 0 amide bonds. The smallest absolute Gasteiger partial charge is 0.259 e. The Labute approximate surface area is 166 Å². The number of hydrogen-bond donors (Lipinski definition) is 1. The minimum absolute atomic E-state index is 0.0292. The number of hydrogen-bond acceptors (Lipinski definition) is 1. The molecule has 0 atom stereocenters. The SMILES string of the molecule is Cn1c(=O)c(-c2c[nH]c3ccc(Cl)cc23)c(-c2ccccc2)c2ccccc21. The minimum atomic E-state index is -0.0292. The van der Waals surface area contributed by atoms with Crippen LogP contribution in [-0.2, 0) is 7.05 Å². The highest BCUT2D eigenvalue weighted by Gasteiger charge is 2.20. The van der Waals surface area contributed by atoms with E-state index in [1.54, 1.807) is 4.57 Å². The summed E-state index contributed by atoms with van der Waals surface area (Å²) < 4.78 is 1.72. The highest BCUT2D eigenvalue weighted by Crippen LogP contribution is 2.38. The van der Waals surface area contributed by atoms with Crippen molar-refractivity contribution < 1.29 is 0 Å². The highest BCUT2D eigenvalue weighted by molar-refractivity contribution is 6.31. The van der Waals surface area contributed by atoms with E-state index in [-0.39, 0.29) is 5.56 Å². The minimum Gasteiger partial charge on any atom is -0.361 e. The number of nitrogens with one attached hydrogen (secondary N) is 1. The molecule has 0 aliphatic carbocycles. The van der Waals surface area contributed by atoms with Crippen molar-refractivity contribution in [2.45, 2.75) is 0 Å². The van der Waals surface area contributed by atoms with Crippen molar-refractivity contribution in [3.63, 3.8) is 0 Å². The van der Waals surface area contributed by atoms with Gasteiger partial charge in [0, 0.05) is 45.7 Å². The van der Waals surface area contributed by atoms with E-state index in [9.17, 15) is 4.79 Å². The van der Waals surface area contributed by atoms with E-state index >= 15 is 0 Å². The lowest BCUT2D eigenvalue weighted by atomic mass is 9.92. The van der Waals surface area contributed by atoms with E-state index in [2.05, 4.69) is 11.1 Å². The van der Waals surface area contributed by atoms with Gasteiger partial charge in [-0.1, -0.05) is 60.1 Å². The monoisotopic (exact) mass is 384 g/mol. The van der Waals surface area contributed by atoms with Crippen LogP contribution in [0.3, 0.4) is 0 Å². The van der Waals surface area contributed by atoms with Gasteiger partial charge in [-0.15, -0.1) is 0 Å². The average Bonchev–Trinajstić information content (AvgIpc) is 3.14. The number of rotatable bonds is 2. The number of aryl methyl sites for hydroxylation is 1. The molecule has 5 aromatic rings. The molecule has 0 bridgehead atoms. The van der Waals surface area contributed by atoms with Gasteiger partial charge in [0.1, 0.15) is 0 Å². The van der Waals surface area contributed by atoms with Crippen LogP contribution in [-0.4, -0.2) is 9.55 Å². The van der Waals surface area contributed by atoms with E-state index in [1.165, 1.54) is 0 Å². The van der Waals surface area contributed by atoms with Crippen molar-refractivity contribution in [3.8, 4) is 22.3 Å². The summed E-state index contributed by atoms with van der Waals surface area (Å²) in [4.78, 5) is 16.8. The van der Waals surface area contributed by atoms with Crippen molar-refractivity contribution in [1.29, 1.82) is 0 Å². The predicted octanol–water partition coefficient (Wildman–Crippen LogP) is 6.01. The molecule has 3 nitrogen and oxygen atoms in total. The Morgan fingerprint density at radius 2 is 1.61 bits per heavy atom. The summed E-state index contributed by atoms with van der Waals surface area (Å²) in [5.41, 5.74) is 5.34. The maximum atomic E-state index is 13.5. The average molecular weight is 385 g/mol. The third-order valence-electron chi connectivity index (χ3n) is 5.28. The fourth-order valence-electron chi connectivity index (χ4n) is 3.95. The predicted molar refractivity (Wildman–Crippen MR) is 117 cm³/mol. The molecular weight excluding hydrogens is 368 g/mol. The molecule has 0 radical (unpaired) electrons. The maximum absolute atomic E-state index is 13.5. The zero-order chi connectivity index (χ0) is 19.3. The number of para-hydroxylation sites is 1. The molecular formula is C24H17ClN2O. The van der Waals surface area contributed by atoms with Gasteiger partial charge in [0.2, 0.25) is 0 Å². The third-order valence-corrected chi connectivity index (χ3v) is 5.51. The zero-order valence-electron chi connectivity index (χ0n) is 15.2. The van der Waals surface area contributed by atoms with E-state index in [4.69, 9.17) is 11.6 Å². The highest BCUT2D eigenvalue weighted by atomic mass is 35.5. The largest absolute Gasteiger partial charge is 0.361 e. The van der Waals surface area contributed by atoms with Crippen LogP contribution in [0.4, 0.5) is 0 Å². The molecule has 4 heteroatoms. The fraction of sp³-hybridized carbons (Fsp3) is 0.0417. The lowest BCUT2D eigenvalue weighted by molar-refractivity contribution is 0.910. The van der Waals surface area contributed by atoms with Crippen LogP contribution in [0.2, 0.25) is 5.02 Å². The Kier molecular flexibility index (Phi) is 3.85. The van der Waals surface area contributed by atoms with Gasteiger partial charge in [-0.05, 0) is 29.8 Å². The van der Waals surface area contributed by atoms with E-state index in [0.717, 1.165) is 38.5 Å². The zero-order valence-corrected chi connectivity index (χ0v) is 16.0. The molecule has 0 aliphatic rings. The van der Waals surface area contributed by atoms with Gasteiger partial charge in [0.05, 0.1) is 11.1 Å². The van der Waals surface area contributed by atoms with Crippen LogP contribution in [0.15, 0.2) is 83.8 Å². The van der Waals surface area contributed by atoms with Crippen LogP contribution < -0.4 is 5.56 Å². The van der Waals surface area contributed by atoms with Gasteiger partial charge in [0.25, 0.3) is 5.56 Å². The molecule has 2 heterocycles. The Balaban J connectivity index is 2.00. The lowest BCUT2D eigenvalue weighted by Crippen LogP contribution is -2.20. The van der Waals surface area contributed by atoms with E-state index in [0.29, 0.717) is 10.6 Å². The number of aromatic amines is 1. The Morgan fingerprint density at radius 1 is 0.857 bits per heavy atom. The van der Waals surface area contributed by atoms with Crippen LogP contribution >= 0.6 is 11.6 Å². The molecule has 0 spiro atoms. The molecule has 0 saturated carbocycles. The Morgan fingerprint density at radius 3 is 2.43 bits per heavy atom. The van der Waals surface area contributed by atoms with Crippen molar-refractivity contribution in [1.82, 2.24) is 9.55 Å². The summed E-state index contributed by atoms with van der Waals surface area (Å²) in [6, 6.07) is 23.8. The van der Waals surface area contributed by atoms with Gasteiger partial charge in [0.15, 0.2) is 0 Å². The standard InChI is InChI=1S/C24H17ClN2O/c1-27-21-10-6-5-9-17(21)22(15-7-3-2-4-8-15)23(24(27)28)19-14-26-20-12-11-16(25)13-18(19)20/h2-14,26H,1H3. The van der Waals surface area contributed by atoms with Crippen molar-refractivity contribution in [3.05, 3.63) is 94.4 Å². The molecule has 136 valence electrons. The third kappa shape index (κ3) is 2.48. The van der Waals surface area contributed by atoms with E-state index in [1.807, 2.05) is 80.0 Å². The summed E-state index contributed by atoms with van der Waals surface area (Å²) in [6.45, 7) is 0. The fourth-order valence-corrected chi connectivity index (χ4v) is 4.12. The normalized spacial score (nSPS) is 11.4. The number of H-pyrrole nitrogens is 1. The van der Waals surface area contributed by atoms with Gasteiger partial charge in [-0.25, -0.2) is 0 Å². The second-order valence-corrected chi connectivity index (χ2v) is 7.33. The first-order valence-electron chi connectivity index (χ1n) is 9.09. The quantitative estimate of drug-likeness (QED) is 0.397. The maximum Gasteiger partial charge on any atom is 0.259 e. The van der Waals surface area contributed by atoms with E-state index < -0.39 is 0 Å². The number of halogens is 1. The van der Waals surface area contributed by atoms with Crippen molar-refractivity contribution >= 4 is 33.4 Å². The molecule has 0 fully saturated rings. The van der Waals surface area contributed by atoms with Gasteiger partial charge in [-0.3, -0.25) is 4.79 Å². The number of benzene rings is 3. The van der Waals surface area contributed by atoms with Gasteiger partial charge in [-0.2, -0.15) is 0 Å². The Bertz CT molecular complexity index is 1400. The first kappa shape index (κ1) is 16.8. The molecule has 1 N–H and O–H groups in total. The van der Waals surface area contributed by atoms with Gasteiger partial charge < -0.3 is 9.55 Å². The van der Waals surface area contributed by atoms with Crippen molar-refractivity contribution in [2.24, 2.45) is 7.05 Å². The second kappa shape index (κ2) is 6.39. The summed E-state index contributed by atoms with van der Waals surface area (Å²) in [7, 11) is 1.82. The molecule has 0 unspecified atom stereocenters. The summed E-state index contributed by atoms with van der Waals surface area (Å²) in [5, 5.41) is 2.63. The molecule has 0 saturated heterocycles. The topological polar surface area (TPSA) is 37.8 Å². The van der Waals surface area contributed by atoms with Crippen LogP contribution in [0, 0.1) is 0 Å².